The SMILES string of the molecule is COc1ccc(-n2c(SCc3cc(=O)oc4cc(C)ccc34)nnc2-c2ccccc2)cc1Cl. The maximum atomic E-state index is 12.2. The molecule has 5 aromatic rings. The Bertz CT molecular complexity index is 1550. The predicted molar refractivity (Wildman–Crippen MR) is 135 cm³/mol. The highest BCUT2D eigenvalue weighted by molar-refractivity contribution is 7.98. The molecule has 0 aliphatic rings. The van der Waals surface area contributed by atoms with Crippen molar-refractivity contribution < 1.29 is 9.15 Å². The zero-order valence-corrected chi connectivity index (χ0v) is 20.1. The molecule has 0 amide bonds. The smallest absolute Gasteiger partial charge is 0.336 e. The number of aromatic nitrogens is 3. The number of hydrogen-bond donors (Lipinski definition) is 0. The number of halogens is 1. The van der Waals surface area contributed by atoms with Crippen molar-refractivity contribution in [3.63, 3.8) is 0 Å². The zero-order valence-electron chi connectivity index (χ0n) is 18.5. The van der Waals surface area contributed by atoms with Gasteiger partial charge in [-0.15, -0.1) is 10.2 Å². The predicted octanol–water partition coefficient (Wildman–Crippen LogP) is 6.30. The number of hydrogen-bond acceptors (Lipinski definition) is 6. The summed E-state index contributed by atoms with van der Waals surface area (Å²) >= 11 is 7.92. The van der Waals surface area contributed by atoms with Crippen LogP contribution >= 0.6 is 23.4 Å². The summed E-state index contributed by atoms with van der Waals surface area (Å²) in [6.45, 7) is 1.97. The van der Waals surface area contributed by atoms with Crippen LogP contribution < -0.4 is 10.4 Å². The Morgan fingerprint density at radius 2 is 1.85 bits per heavy atom. The van der Waals surface area contributed by atoms with Crippen molar-refractivity contribution in [3.05, 3.63) is 99.4 Å². The van der Waals surface area contributed by atoms with Crippen LogP contribution in [0.25, 0.3) is 28.0 Å². The van der Waals surface area contributed by atoms with Crippen LogP contribution in [0, 0.1) is 6.92 Å². The van der Waals surface area contributed by atoms with Gasteiger partial charge in [0.2, 0.25) is 0 Å². The first-order chi connectivity index (χ1) is 16.5. The van der Waals surface area contributed by atoms with Crippen molar-refractivity contribution in [3.8, 4) is 22.8 Å². The molecule has 0 fully saturated rings. The van der Waals surface area contributed by atoms with Gasteiger partial charge in [0.25, 0.3) is 0 Å². The first-order valence-corrected chi connectivity index (χ1v) is 11.9. The van der Waals surface area contributed by atoms with Gasteiger partial charge in [0, 0.05) is 22.8 Å². The molecule has 0 bridgehead atoms. The van der Waals surface area contributed by atoms with E-state index in [0.717, 1.165) is 27.8 Å². The first-order valence-electron chi connectivity index (χ1n) is 10.5. The van der Waals surface area contributed by atoms with E-state index >= 15 is 0 Å². The second kappa shape index (κ2) is 9.37. The molecule has 2 heterocycles. The third-order valence-corrected chi connectivity index (χ3v) is 6.67. The Morgan fingerprint density at radius 1 is 1.03 bits per heavy atom. The molecule has 8 heteroatoms. The summed E-state index contributed by atoms with van der Waals surface area (Å²) in [6.07, 6.45) is 0. The summed E-state index contributed by atoms with van der Waals surface area (Å²) in [5.41, 5.74) is 3.85. The molecule has 0 atom stereocenters. The number of fused-ring (bicyclic) bond motifs is 1. The van der Waals surface area contributed by atoms with Gasteiger partial charge in [-0.1, -0.05) is 65.8 Å². The van der Waals surface area contributed by atoms with Crippen LogP contribution in [0.15, 0.2) is 87.2 Å². The number of methoxy groups -OCH3 is 1. The Morgan fingerprint density at radius 3 is 2.62 bits per heavy atom. The van der Waals surface area contributed by atoms with Crippen molar-refractivity contribution in [2.75, 3.05) is 7.11 Å². The summed E-state index contributed by atoms with van der Waals surface area (Å²) in [7, 11) is 1.58. The largest absolute Gasteiger partial charge is 0.495 e. The highest BCUT2D eigenvalue weighted by Crippen LogP contribution is 2.34. The van der Waals surface area contributed by atoms with Gasteiger partial charge in [0.1, 0.15) is 11.3 Å². The number of rotatable bonds is 6. The van der Waals surface area contributed by atoms with Gasteiger partial charge in [0.15, 0.2) is 11.0 Å². The van der Waals surface area contributed by atoms with Crippen LogP contribution in [0.4, 0.5) is 0 Å². The van der Waals surface area contributed by atoms with Crippen molar-refractivity contribution in [1.82, 2.24) is 14.8 Å². The number of ether oxygens (including phenoxy) is 1. The number of aryl methyl sites for hydroxylation is 1. The summed E-state index contributed by atoms with van der Waals surface area (Å²) in [5.74, 6) is 1.80. The average molecular weight is 490 g/mol. The third-order valence-electron chi connectivity index (χ3n) is 5.40. The van der Waals surface area contributed by atoms with Crippen LogP contribution in [0.3, 0.4) is 0 Å². The molecule has 0 saturated heterocycles. The number of nitrogens with zero attached hydrogens (tertiary/aromatic N) is 3. The lowest BCUT2D eigenvalue weighted by molar-refractivity contribution is 0.415. The lowest BCUT2D eigenvalue weighted by Gasteiger charge is -2.12. The summed E-state index contributed by atoms with van der Waals surface area (Å²) in [4.78, 5) is 12.2. The molecular weight excluding hydrogens is 470 g/mol. The monoisotopic (exact) mass is 489 g/mol. The molecule has 170 valence electrons. The zero-order chi connectivity index (χ0) is 23.7. The topological polar surface area (TPSA) is 70.2 Å². The molecule has 6 nitrogen and oxygen atoms in total. The maximum absolute atomic E-state index is 12.2. The van der Waals surface area contributed by atoms with Crippen molar-refractivity contribution in [2.45, 2.75) is 17.8 Å². The van der Waals surface area contributed by atoms with Gasteiger partial charge in [-0.2, -0.15) is 0 Å². The molecule has 0 saturated carbocycles. The van der Waals surface area contributed by atoms with Gasteiger partial charge in [-0.05, 0) is 42.3 Å². The quantitative estimate of drug-likeness (QED) is 0.206. The van der Waals surface area contributed by atoms with Crippen LogP contribution in [-0.2, 0) is 5.75 Å². The van der Waals surface area contributed by atoms with Crippen molar-refractivity contribution in [2.24, 2.45) is 0 Å². The first kappa shape index (κ1) is 22.3. The summed E-state index contributed by atoms with van der Waals surface area (Å²) < 4.78 is 12.7. The minimum absolute atomic E-state index is 0.373. The highest BCUT2D eigenvalue weighted by Gasteiger charge is 2.18. The van der Waals surface area contributed by atoms with E-state index in [9.17, 15) is 4.79 Å². The Balaban J connectivity index is 1.58. The minimum Gasteiger partial charge on any atom is -0.495 e. The number of benzene rings is 3. The molecule has 0 unspecified atom stereocenters. The highest BCUT2D eigenvalue weighted by atomic mass is 35.5. The van der Waals surface area contributed by atoms with E-state index in [1.807, 2.05) is 78.2 Å². The Labute approximate surface area is 205 Å². The van der Waals surface area contributed by atoms with E-state index < -0.39 is 0 Å². The Kier molecular flexibility index (Phi) is 6.13. The van der Waals surface area contributed by atoms with Crippen LogP contribution in [0.1, 0.15) is 11.1 Å². The molecule has 3 aromatic carbocycles. The molecule has 0 N–H and O–H groups in total. The van der Waals surface area contributed by atoms with Gasteiger partial charge < -0.3 is 9.15 Å². The molecule has 34 heavy (non-hydrogen) atoms. The van der Waals surface area contributed by atoms with Gasteiger partial charge in [-0.3, -0.25) is 4.57 Å². The van der Waals surface area contributed by atoms with E-state index in [-0.39, 0.29) is 5.63 Å². The third kappa shape index (κ3) is 4.32. The summed E-state index contributed by atoms with van der Waals surface area (Å²) in [6, 6.07) is 22.8. The molecule has 0 radical (unpaired) electrons. The molecule has 2 aromatic heterocycles. The molecule has 5 rings (SSSR count). The van der Waals surface area contributed by atoms with Crippen LogP contribution in [0.5, 0.6) is 5.75 Å². The van der Waals surface area contributed by atoms with Crippen molar-refractivity contribution in [1.29, 1.82) is 0 Å². The molecule has 0 spiro atoms. The molecule has 0 aliphatic heterocycles. The van der Waals surface area contributed by atoms with E-state index in [0.29, 0.717) is 33.1 Å². The molecule has 0 aliphatic carbocycles. The lowest BCUT2D eigenvalue weighted by Crippen LogP contribution is -2.02. The van der Waals surface area contributed by atoms with Gasteiger partial charge in [-0.25, -0.2) is 4.79 Å². The van der Waals surface area contributed by atoms with E-state index in [1.54, 1.807) is 7.11 Å². The van der Waals surface area contributed by atoms with Gasteiger partial charge >= 0.3 is 5.63 Å². The fourth-order valence-corrected chi connectivity index (χ4v) is 4.96. The second-order valence-corrected chi connectivity index (χ2v) is 9.06. The van der Waals surface area contributed by atoms with E-state index in [1.165, 1.54) is 17.8 Å². The normalized spacial score (nSPS) is 11.1. The van der Waals surface area contributed by atoms with Crippen LogP contribution in [0.2, 0.25) is 5.02 Å². The fourth-order valence-electron chi connectivity index (χ4n) is 3.76. The van der Waals surface area contributed by atoms with E-state index in [2.05, 4.69) is 10.2 Å². The maximum Gasteiger partial charge on any atom is 0.336 e. The summed E-state index contributed by atoms with van der Waals surface area (Å²) in [5, 5.41) is 11.0. The average Bonchev–Trinajstić information content (AvgIpc) is 3.26. The van der Waals surface area contributed by atoms with Crippen molar-refractivity contribution >= 4 is 34.3 Å². The van der Waals surface area contributed by atoms with Crippen LogP contribution in [-0.4, -0.2) is 21.9 Å². The molecular formula is C26H20ClN3O3S. The van der Waals surface area contributed by atoms with Gasteiger partial charge in [0.05, 0.1) is 17.8 Å². The fraction of sp³-hybridized carbons (Fsp3) is 0.115. The minimum atomic E-state index is -0.373. The Hall–Kier alpha value is -3.55. The standard InChI is InChI=1S/C26H20ClN3O3S/c1-16-8-10-20-18(13-24(31)33-23(20)12-16)15-34-26-29-28-25(17-6-4-3-5-7-17)30(26)19-9-11-22(32-2)21(27)14-19/h3-14H,15H2,1-2H3. The number of thioether (sulfide) groups is 1. The van der Waals surface area contributed by atoms with E-state index in [4.69, 9.17) is 20.8 Å². The second-order valence-electron chi connectivity index (χ2n) is 7.71. The lowest BCUT2D eigenvalue weighted by atomic mass is 10.1.